The van der Waals surface area contributed by atoms with Crippen molar-refractivity contribution >= 4 is 39.2 Å². The third-order valence-corrected chi connectivity index (χ3v) is 9.95. The number of esters is 1. The number of aliphatic hydroxyl groups is 2. The molecule has 9 atom stereocenters. The molecule has 2 aromatic carbocycles. The molecule has 2 aliphatic rings. The van der Waals surface area contributed by atoms with Gasteiger partial charge in [-0.15, -0.1) is 0 Å². The minimum absolute atomic E-state index is 0.0169. The number of oxazole rings is 1. The minimum atomic E-state index is -1.89. The molecule has 264 valence electrons. The minimum Gasteiger partial charge on any atom is -0.507 e. The molecular formula is C37H45NO11. The van der Waals surface area contributed by atoms with Crippen LogP contribution in [0.25, 0.3) is 27.4 Å². The first-order valence-electron chi connectivity index (χ1n) is 16.3. The molecule has 49 heavy (non-hydrogen) atoms. The molecule has 0 spiro atoms. The molecule has 5 rings (SSSR count). The fourth-order valence-corrected chi connectivity index (χ4v) is 6.89. The lowest BCUT2D eigenvalue weighted by atomic mass is 9.78. The Morgan fingerprint density at radius 2 is 1.69 bits per heavy atom. The summed E-state index contributed by atoms with van der Waals surface area (Å²) in [7, 11) is 1.46. The van der Waals surface area contributed by atoms with Crippen molar-refractivity contribution in [3.05, 3.63) is 53.7 Å². The van der Waals surface area contributed by atoms with E-state index in [2.05, 4.69) is 4.98 Å². The van der Waals surface area contributed by atoms with E-state index in [1.165, 1.54) is 33.3 Å². The predicted molar refractivity (Wildman–Crippen MR) is 181 cm³/mol. The largest absolute Gasteiger partial charge is 0.507 e. The zero-order chi connectivity index (χ0) is 36.1. The van der Waals surface area contributed by atoms with Crippen molar-refractivity contribution in [2.24, 2.45) is 23.7 Å². The number of benzene rings is 2. The van der Waals surface area contributed by atoms with Crippen molar-refractivity contribution < 1.29 is 53.4 Å². The molecule has 12 heteroatoms. The van der Waals surface area contributed by atoms with E-state index in [-0.39, 0.29) is 62.1 Å². The molecule has 2 aliphatic heterocycles. The van der Waals surface area contributed by atoms with Gasteiger partial charge >= 0.3 is 11.8 Å². The van der Waals surface area contributed by atoms with E-state index >= 15 is 0 Å². The van der Waals surface area contributed by atoms with Crippen molar-refractivity contribution in [1.29, 1.82) is 0 Å². The van der Waals surface area contributed by atoms with Crippen molar-refractivity contribution in [2.75, 3.05) is 7.11 Å². The maximum atomic E-state index is 14.0. The van der Waals surface area contributed by atoms with Crippen LogP contribution in [0, 0.1) is 30.6 Å². The zero-order valence-corrected chi connectivity index (χ0v) is 29.2. The second-order valence-corrected chi connectivity index (χ2v) is 13.4. The number of aromatic nitrogens is 1. The quantitative estimate of drug-likeness (QED) is 0.243. The fraction of sp³-hybridized carbons (Fsp3) is 0.486. The number of phenolic OH excluding ortho intramolecular Hbond substituents is 2. The number of ketones is 1. The molecule has 0 fully saturated rings. The highest BCUT2D eigenvalue weighted by Gasteiger charge is 2.49. The molecule has 3 heterocycles. The number of carbonyl (C=O) groups excluding carboxylic acids is 2. The number of rotatable bonds is 2. The number of hydrogen-bond acceptors (Lipinski definition) is 12. The Morgan fingerprint density at radius 3 is 2.35 bits per heavy atom. The topological polar surface area (TPSA) is 178 Å². The highest BCUT2D eigenvalue weighted by molar-refractivity contribution is 6.23. The van der Waals surface area contributed by atoms with Crippen LogP contribution in [0.5, 0.6) is 17.2 Å². The van der Waals surface area contributed by atoms with E-state index in [0.717, 1.165) is 0 Å². The van der Waals surface area contributed by atoms with Crippen LogP contribution < -0.4 is 4.74 Å². The van der Waals surface area contributed by atoms with Gasteiger partial charge in [0.15, 0.2) is 5.58 Å². The number of aromatic hydroxyl groups is 2. The lowest BCUT2D eigenvalue weighted by molar-refractivity contribution is -0.160. The number of phenols is 2. The number of hydrogen-bond donors (Lipinski definition) is 4. The molecule has 0 amide bonds. The Hall–Kier alpha value is -4.39. The molecule has 1 aromatic heterocycles. The number of carbonyl (C=O) groups is 2. The van der Waals surface area contributed by atoms with Gasteiger partial charge in [-0.2, -0.15) is 0 Å². The summed E-state index contributed by atoms with van der Waals surface area (Å²) in [6, 6.07) is 1.36. The summed E-state index contributed by atoms with van der Waals surface area (Å²) in [5.74, 6) is -5.46. The molecule has 0 radical (unpaired) electrons. The van der Waals surface area contributed by atoms with E-state index in [0.29, 0.717) is 5.57 Å². The molecule has 3 aromatic rings. The average molecular weight is 680 g/mol. The number of nitrogens with zero attached hydrogens (tertiary/aromatic N) is 1. The highest BCUT2D eigenvalue weighted by Crippen LogP contribution is 2.51. The van der Waals surface area contributed by atoms with Crippen LogP contribution in [0.3, 0.4) is 0 Å². The summed E-state index contributed by atoms with van der Waals surface area (Å²) in [5, 5.41) is 45.4. The van der Waals surface area contributed by atoms with Gasteiger partial charge in [-0.25, -0.2) is 4.98 Å². The first-order chi connectivity index (χ1) is 23.0. The standard InChI is InChI=1S/C37H45NO11/c1-16-11-10-12-17(2)36-38-23-15-24(40)26-27(34(23)48-36)31(43)21(6)33-28(26)35(44)37(8,49-33)46-14-13-25(45-9)18(3)32(47-22(7)39)20(5)30(42)19(4)29(16)41/h10-16,18-20,25,29-30,32,40-43H,1-9H3/b11-10+,14-13+,17-12-. The highest BCUT2D eigenvalue weighted by atomic mass is 16.7. The number of allylic oxidation sites excluding steroid dienone is 3. The molecule has 0 aliphatic carbocycles. The van der Waals surface area contributed by atoms with Crippen LogP contribution in [0.15, 0.2) is 41.0 Å². The van der Waals surface area contributed by atoms with Crippen molar-refractivity contribution in [2.45, 2.75) is 85.6 Å². The lowest BCUT2D eigenvalue weighted by Crippen LogP contribution is -2.46. The van der Waals surface area contributed by atoms with E-state index in [9.17, 15) is 30.0 Å². The Morgan fingerprint density at radius 1 is 1.00 bits per heavy atom. The smallest absolute Gasteiger partial charge is 0.312 e. The third-order valence-electron chi connectivity index (χ3n) is 9.95. The Bertz CT molecular complexity index is 1870. The second-order valence-electron chi connectivity index (χ2n) is 13.4. The van der Waals surface area contributed by atoms with E-state index in [4.69, 9.17) is 23.4 Å². The number of aliphatic hydroxyl groups excluding tert-OH is 2. The lowest BCUT2D eigenvalue weighted by Gasteiger charge is -2.38. The molecule has 4 N–H and O–H groups in total. The van der Waals surface area contributed by atoms with Crippen molar-refractivity contribution in [1.82, 2.24) is 4.98 Å². The zero-order valence-electron chi connectivity index (χ0n) is 29.2. The van der Waals surface area contributed by atoms with Gasteiger partial charge in [-0.1, -0.05) is 45.9 Å². The van der Waals surface area contributed by atoms with Gasteiger partial charge in [0.05, 0.1) is 35.5 Å². The van der Waals surface area contributed by atoms with E-state index in [1.54, 1.807) is 58.9 Å². The second kappa shape index (κ2) is 13.5. The molecule has 0 saturated carbocycles. The number of fused-ring (bicyclic) bond motifs is 2. The molecule has 9 unspecified atom stereocenters. The number of methoxy groups -OCH3 is 1. The van der Waals surface area contributed by atoms with Gasteiger partial charge in [0.2, 0.25) is 5.89 Å². The van der Waals surface area contributed by atoms with Crippen LogP contribution in [0.2, 0.25) is 0 Å². The van der Waals surface area contributed by atoms with Gasteiger partial charge in [0, 0.05) is 67.2 Å². The predicted octanol–water partition coefficient (Wildman–Crippen LogP) is 5.71. The maximum absolute atomic E-state index is 14.0. The van der Waals surface area contributed by atoms with Gasteiger partial charge < -0.3 is 43.8 Å². The summed E-state index contributed by atoms with van der Waals surface area (Å²) in [6.45, 7) is 13.2. The molecule has 6 bridgehead atoms. The fourth-order valence-electron chi connectivity index (χ4n) is 6.89. The number of ether oxygens (including phenoxy) is 4. The van der Waals surface area contributed by atoms with Crippen molar-refractivity contribution in [3.63, 3.8) is 0 Å². The van der Waals surface area contributed by atoms with Gasteiger partial charge in [-0.3, -0.25) is 9.59 Å². The SMILES string of the molecule is COC1/C=C/OC2(C)Oc3c(C)c(O)c4c(c(O)cc5nc(oc54)/C(C)=C\C=C\C(C)C(O)C(C)C(O)C(C)C(OC(C)=O)C1C)c3C2=O. The monoisotopic (exact) mass is 679 g/mol. The third kappa shape index (κ3) is 6.28. The van der Waals surface area contributed by atoms with Crippen LogP contribution in [-0.2, 0) is 19.0 Å². The molecular weight excluding hydrogens is 634 g/mol. The average Bonchev–Trinajstić information content (AvgIpc) is 3.60. The van der Waals surface area contributed by atoms with Gasteiger partial charge in [-0.05, 0) is 19.9 Å². The molecule has 12 nitrogen and oxygen atoms in total. The summed E-state index contributed by atoms with van der Waals surface area (Å²) < 4.78 is 29.6. The van der Waals surface area contributed by atoms with Crippen LogP contribution in [0.4, 0.5) is 0 Å². The number of Topliss-reactive ketones (excluding diaryl/α,β-unsaturated/α-hetero) is 1. The van der Waals surface area contributed by atoms with Crippen LogP contribution in [-0.4, -0.2) is 74.5 Å². The first-order valence-corrected chi connectivity index (χ1v) is 16.3. The normalized spacial score (nSPS) is 33.4. The van der Waals surface area contributed by atoms with Gasteiger partial charge in [0.1, 0.15) is 28.9 Å². The van der Waals surface area contributed by atoms with E-state index in [1.807, 2.05) is 6.92 Å². The van der Waals surface area contributed by atoms with Crippen LogP contribution >= 0.6 is 0 Å². The Kier molecular flexibility index (Phi) is 9.89. The van der Waals surface area contributed by atoms with E-state index < -0.39 is 59.7 Å². The van der Waals surface area contributed by atoms with Gasteiger partial charge in [0.25, 0.3) is 5.78 Å². The first kappa shape index (κ1) is 35.9. The van der Waals surface area contributed by atoms with Crippen LogP contribution in [0.1, 0.15) is 70.3 Å². The summed E-state index contributed by atoms with van der Waals surface area (Å²) in [4.78, 5) is 30.8. The maximum Gasteiger partial charge on any atom is 0.312 e. The molecule has 0 saturated heterocycles. The van der Waals surface area contributed by atoms with Crippen molar-refractivity contribution in [3.8, 4) is 17.2 Å². The summed E-state index contributed by atoms with van der Waals surface area (Å²) in [5.41, 5.74) is 1.30. The Balaban J connectivity index is 1.68. The summed E-state index contributed by atoms with van der Waals surface area (Å²) in [6.07, 6.45) is 4.52. The Labute approximate surface area is 284 Å². The summed E-state index contributed by atoms with van der Waals surface area (Å²) >= 11 is 0.